The summed E-state index contributed by atoms with van der Waals surface area (Å²) in [5.41, 5.74) is 4.58. The van der Waals surface area contributed by atoms with Crippen molar-refractivity contribution in [3.05, 3.63) is 72.0 Å². The molecule has 138 valence electrons. The average molecular weight is 350 g/mol. The molecule has 0 amide bonds. The van der Waals surface area contributed by atoms with E-state index in [1.54, 1.807) is 0 Å². The summed E-state index contributed by atoms with van der Waals surface area (Å²) < 4.78 is 0. The molecule has 0 aliphatic carbocycles. The van der Waals surface area contributed by atoms with E-state index in [-0.39, 0.29) is 12.0 Å². The first-order valence-electron chi connectivity index (χ1n) is 9.46. The van der Waals surface area contributed by atoms with Gasteiger partial charge in [-0.2, -0.15) is 0 Å². The third-order valence-corrected chi connectivity index (χ3v) is 4.48. The minimum atomic E-state index is 0.174. The van der Waals surface area contributed by atoms with Gasteiger partial charge < -0.3 is 5.32 Å². The first-order chi connectivity index (χ1) is 12.6. The zero-order valence-corrected chi connectivity index (χ0v) is 16.4. The van der Waals surface area contributed by atoms with Gasteiger partial charge in [0, 0.05) is 12.1 Å². The largest absolute Gasteiger partial charge is 0.371 e. The lowest BCUT2D eigenvalue weighted by atomic mass is 9.79. The molecule has 2 rings (SSSR count). The maximum atomic E-state index is 4.78. The third-order valence-electron chi connectivity index (χ3n) is 4.48. The molecule has 0 fully saturated rings. The minimum Gasteiger partial charge on any atom is -0.371 e. The number of hydrogen-bond acceptors (Lipinski definition) is 3. The van der Waals surface area contributed by atoms with Gasteiger partial charge in [-0.25, -0.2) is 0 Å². The van der Waals surface area contributed by atoms with E-state index < -0.39 is 0 Å². The highest BCUT2D eigenvalue weighted by atomic mass is 15.1. The van der Waals surface area contributed by atoms with E-state index >= 15 is 0 Å². The quantitative estimate of drug-likeness (QED) is 0.636. The van der Waals surface area contributed by atoms with Crippen molar-refractivity contribution >= 4 is 12.1 Å². The highest BCUT2D eigenvalue weighted by Gasteiger charge is 2.31. The van der Waals surface area contributed by atoms with Gasteiger partial charge in [0.1, 0.15) is 0 Å². The van der Waals surface area contributed by atoms with Crippen LogP contribution in [0.15, 0.2) is 76.4 Å². The number of hydrogen-bond donors (Lipinski definition) is 1. The van der Waals surface area contributed by atoms with Crippen LogP contribution in [0.2, 0.25) is 0 Å². The molecule has 3 heteroatoms. The zero-order valence-electron chi connectivity index (χ0n) is 16.4. The zero-order chi connectivity index (χ0) is 18.9. The Morgan fingerprint density at radius 1 is 1.35 bits per heavy atom. The topological polar surface area (TPSA) is 36.8 Å². The van der Waals surface area contributed by atoms with Crippen molar-refractivity contribution in [2.45, 2.75) is 46.1 Å². The Morgan fingerprint density at radius 3 is 2.62 bits per heavy atom. The van der Waals surface area contributed by atoms with Crippen molar-refractivity contribution in [1.82, 2.24) is 5.32 Å². The molecule has 1 aliphatic rings. The molecule has 0 saturated carbocycles. The molecule has 2 unspecified atom stereocenters. The monoisotopic (exact) mass is 349 g/mol. The summed E-state index contributed by atoms with van der Waals surface area (Å²) in [6, 6.07) is 10.9. The summed E-state index contributed by atoms with van der Waals surface area (Å²) in [5.74, 6) is 0.590. The molecule has 0 spiro atoms. The molecule has 0 aromatic heterocycles. The fourth-order valence-corrected chi connectivity index (χ4v) is 3.23. The van der Waals surface area contributed by atoms with Gasteiger partial charge in [-0.05, 0) is 36.0 Å². The lowest BCUT2D eigenvalue weighted by molar-refractivity contribution is 0.582. The molecule has 0 radical (unpaired) electrons. The van der Waals surface area contributed by atoms with Crippen LogP contribution in [0.5, 0.6) is 0 Å². The van der Waals surface area contributed by atoms with Crippen molar-refractivity contribution in [2.24, 2.45) is 15.9 Å². The number of benzene rings is 1. The Morgan fingerprint density at radius 2 is 2.08 bits per heavy atom. The smallest absolute Gasteiger partial charge is 0.0827 e. The predicted octanol–water partition coefficient (Wildman–Crippen LogP) is 5.29. The van der Waals surface area contributed by atoms with Gasteiger partial charge in [0.2, 0.25) is 0 Å². The van der Waals surface area contributed by atoms with Crippen molar-refractivity contribution in [3.8, 4) is 0 Å². The molecular formula is C23H31N3. The average Bonchev–Trinajstić information content (AvgIpc) is 3.16. The van der Waals surface area contributed by atoms with Gasteiger partial charge in [-0.15, -0.1) is 0 Å². The van der Waals surface area contributed by atoms with Crippen molar-refractivity contribution in [1.29, 1.82) is 0 Å². The Balaban J connectivity index is 2.61. The lowest BCUT2D eigenvalue weighted by Gasteiger charge is -2.29. The molecule has 1 heterocycles. The Bertz CT molecular complexity index is 700. The second-order valence-electron chi connectivity index (χ2n) is 6.94. The fraction of sp³-hybridized carbons (Fsp3) is 0.391. The summed E-state index contributed by atoms with van der Waals surface area (Å²) in [7, 11) is 0. The summed E-state index contributed by atoms with van der Waals surface area (Å²) in [6.07, 6.45) is 8.86. The number of rotatable bonds is 8. The van der Waals surface area contributed by atoms with E-state index in [0.717, 1.165) is 24.3 Å². The van der Waals surface area contributed by atoms with Crippen molar-refractivity contribution < 1.29 is 0 Å². The van der Waals surface area contributed by atoms with Gasteiger partial charge in [-0.1, -0.05) is 69.8 Å². The molecule has 3 nitrogen and oxygen atoms in total. The Hall–Kier alpha value is -2.42. The molecular weight excluding hydrogens is 318 g/mol. The highest BCUT2D eigenvalue weighted by molar-refractivity contribution is 6.13. The summed E-state index contributed by atoms with van der Waals surface area (Å²) in [5, 5.41) is 3.44. The maximum absolute atomic E-state index is 4.78. The van der Waals surface area contributed by atoms with Crippen LogP contribution in [0.25, 0.3) is 0 Å². The van der Waals surface area contributed by atoms with Crippen molar-refractivity contribution in [2.75, 3.05) is 6.54 Å². The van der Waals surface area contributed by atoms with Gasteiger partial charge in [0.15, 0.2) is 0 Å². The van der Waals surface area contributed by atoms with E-state index in [1.165, 1.54) is 11.1 Å². The molecule has 0 saturated heterocycles. The molecule has 1 N–H and O–H groups in total. The van der Waals surface area contributed by atoms with Crippen molar-refractivity contribution in [3.63, 3.8) is 0 Å². The second-order valence-corrected chi connectivity index (χ2v) is 6.94. The lowest BCUT2D eigenvalue weighted by Crippen LogP contribution is -2.35. The van der Waals surface area contributed by atoms with Gasteiger partial charge in [0.05, 0.1) is 24.6 Å². The molecule has 1 aromatic carbocycles. The Kier molecular flexibility index (Phi) is 7.58. The van der Waals surface area contributed by atoms with E-state index in [1.807, 2.05) is 25.5 Å². The van der Waals surface area contributed by atoms with E-state index in [2.05, 4.69) is 74.1 Å². The van der Waals surface area contributed by atoms with Gasteiger partial charge in [0.25, 0.3) is 0 Å². The summed E-state index contributed by atoms with van der Waals surface area (Å²) in [6.45, 7) is 13.6. The Labute approximate surface area is 158 Å². The minimum absolute atomic E-state index is 0.174. The van der Waals surface area contributed by atoms with Crippen LogP contribution < -0.4 is 5.32 Å². The molecule has 26 heavy (non-hydrogen) atoms. The SMILES string of the molecule is C=C(CC)C(=N/C=C\C)/C(=C\C(C)C)C(c1ccccc1)C1CN=CN1. The van der Waals surface area contributed by atoms with Gasteiger partial charge >= 0.3 is 0 Å². The van der Waals surface area contributed by atoms with Crippen LogP contribution in [0.3, 0.4) is 0 Å². The van der Waals surface area contributed by atoms with Crippen LogP contribution in [0.4, 0.5) is 0 Å². The predicted molar refractivity (Wildman–Crippen MR) is 114 cm³/mol. The van der Waals surface area contributed by atoms with E-state index in [4.69, 9.17) is 4.99 Å². The van der Waals surface area contributed by atoms with E-state index in [0.29, 0.717) is 5.92 Å². The van der Waals surface area contributed by atoms with E-state index in [9.17, 15) is 0 Å². The number of nitrogens with zero attached hydrogens (tertiary/aromatic N) is 2. The fourth-order valence-electron chi connectivity index (χ4n) is 3.23. The first kappa shape index (κ1) is 19.9. The van der Waals surface area contributed by atoms with Gasteiger partial charge in [-0.3, -0.25) is 9.98 Å². The van der Waals surface area contributed by atoms with Crippen LogP contribution in [0, 0.1) is 5.92 Å². The maximum Gasteiger partial charge on any atom is 0.0827 e. The second kappa shape index (κ2) is 9.91. The molecule has 2 atom stereocenters. The number of nitrogens with one attached hydrogen (secondary N) is 1. The van der Waals surface area contributed by atoms with Crippen LogP contribution in [0.1, 0.15) is 45.6 Å². The highest BCUT2D eigenvalue weighted by Crippen LogP contribution is 2.33. The van der Waals surface area contributed by atoms with Crippen LogP contribution >= 0.6 is 0 Å². The number of allylic oxidation sites excluding steroid dienone is 3. The normalized spacial score (nSPS) is 19.2. The molecule has 1 aliphatic heterocycles. The van der Waals surface area contributed by atoms with Crippen LogP contribution in [-0.4, -0.2) is 24.6 Å². The molecule has 0 bridgehead atoms. The summed E-state index contributed by atoms with van der Waals surface area (Å²) >= 11 is 0. The third kappa shape index (κ3) is 5.04. The number of aliphatic imine (C=N–C) groups is 2. The standard InChI is InChI=1S/C23H31N3/c1-6-13-25-23(18(5)7-2)20(14-17(3)4)22(21-15-24-16-26-21)19-11-9-8-10-12-19/h6,8-14,16-17,21-22H,5,7,15H2,1-4H3,(H,24,26)/b13-6-,20-14-,25-23-. The summed E-state index contributed by atoms with van der Waals surface area (Å²) in [4.78, 5) is 9.20. The van der Waals surface area contributed by atoms with Crippen LogP contribution in [-0.2, 0) is 0 Å². The first-order valence-corrected chi connectivity index (χ1v) is 9.46. The molecule has 1 aromatic rings.